The topological polar surface area (TPSA) is 74.3 Å². The molecule has 0 amide bonds. The predicted molar refractivity (Wildman–Crippen MR) is 240 cm³/mol. The van der Waals surface area contributed by atoms with Gasteiger partial charge in [-0.05, 0) is 138 Å². The second-order valence-corrected chi connectivity index (χ2v) is 15.1. The third-order valence-corrected chi connectivity index (χ3v) is 10.4. The van der Waals surface area contributed by atoms with Crippen molar-refractivity contribution >= 4 is 40.8 Å². The Hall–Kier alpha value is -7.38. The van der Waals surface area contributed by atoms with Crippen LogP contribution in [-0.2, 0) is 10.2 Å². The molecule has 7 heteroatoms. The van der Waals surface area contributed by atoms with Gasteiger partial charge >= 0.3 is 12.1 Å². The van der Waals surface area contributed by atoms with Gasteiger partial charge in [-0.15, -0.1) is 0 Å². The molecule has 0 saturated heterocycles. The fourth-order valence-corrected chi connectivity index (χ4v) is 6.95. The zero-order chi connectivity index (χ0) is 42.2. The Morgan fingerprint density at radius 2 is 0.850 bits per heavy atom. The van der Waals surface area contributed by atoms with Crippen LogP contribution in [0.3, 0.4) is 0 Å². The van der Waals surface area contributed by atoms with Crippen molar-refractivity contribution in [2.45, 2.75) is 40.0 Å². The lowest BCUT2D eigenvalue weighted by Crippen LogP contribution is -2.19. The molecule has 0 aliphatic rings. The highest BCUT2D eigenvalue weighted by Gasteiger charge is 2.24. The van der Waals surface area contributed by atoms with E-state index in [4.69, 9.17) is 18.9 Å². The van der Waals surface area contributed by atoms with Gasteiger partial charge in [-0.2, -0.15) is 0 Å². The molecule has 0 bridgehead atoms. The zero-order valence-electron chi connectivity index (χ0n) is 34.6. The summed E-state index contributed by atoms with van der Waals surface area (Å²) in [7, 11) is 1.65. The van der Waals surface area contributed by atoms with Crippen molar-refractivity contribution in [2.75, 3.05) is 12.0 Å². The van der Waals surface area contributed by atoms with Gasteiger partial charge in [-0.3, -0.25) is 4.79 Å². The van der Waals surface area contributed by atoms with Crippen molar-refractivity contribution in [2.24, 2.45) is 0 Å². The molecular formula is C53H47NO6. The molecule has 0 heterocycles. The number of anilines is 3. The highest BCUT2D eigenvalue weighted by Crippen LogP contribution is 2.37. The number of benzene rings is 7. The molecule has 0 radical (unpaired) electrons. The molecule has 0 aromatic heterocycles. The molecule has 7 aromatic rings. The number of carbonyl (C=O) groups excluding carboxylic acids is 2. The quantitative estimate of drug-likeness (QED) is 0.0528. The molecule has 0 fully saturated rings. The number of hydrogen-bond donors (Lipinski definition) is 0. The summed E-state index contributed by atoms with van der Waals surface area (Å²) in [5.41, 5.74) is 11.3. The average Bonchev–Trinajstić information content (AvgIpc) is 3.25. The fourth-order valence-electron chi connectivity index (χ4n) is 6.95. The van der Waals surface area contributed by atoms with Crippen LogP contribution in [-0.4, -0.2) is 19.2 Å². The monoisotopic (exact) mass is 793 g/mol. The second-order valence-electron chi connectivity index (χ2n) is 15.1. The van der Waals surface area contributed by atoms with Crippen LogP contribution in [0.2, 0.25) is 0 Å². The molecule has 0 aliphatic carbocycles. The number of hydrogen-bond acceptors (Lipinski definition) is 7. The first kappa shape index (κ1) is 40.8. The molecule has 0 N–H and O–H groups in total. The van der Waals surface area contributed by atoms with Crippen molar-refractivity contribution in [3.63, 3.8) is 0 Å². The zero-order valence-corrected chi connectivity index (χ0v) is 34.6. The molecule has 0 spiro atoms. The van der Waals surface area contributed by atoms with Crippen molar-refractivity contribution < 1.29 is 28.5 Å². The van der Waals surface area contributed by atoms with E-state index in [-0.39, 0.29) is 11.4 Å². The maximum absolute atomic E-state index is 12.9. The molecule has 7 aromatic carbocycles. The van der Waals surface area contributed by atoms with E-state index < -0.39 is 6.16 Å². The van der Waals surface area contributed by atoms with E-state index in [0.29, 0.717) is 17.2 Å². The van der Waals surface area contributed by atoms with E-state index in [1.165, 1.54) is 18.1 Å². The highest BCUT2D eigenvalue weighted by molar-refractivity contribution is 5.92. The van der Waals surface area contributed by atoms with Gasteiger partial charge in [0.15, 0.2) is 0 Å². The van der Waals surface area contributed by atoms with Crippen LogP contribution in [0, 0.1) is 13.8 Å². The maximum Gasteiger partial charge on any atom is 0.519 e. The van der Waals surface area contributed by atoms with Gasteiger partial charge in [0.1, 0.15) is 23.0 Å². The average molecular weight is 794 g/mol. The Balaban J connectivity index is 1.08. The summed E-state index contributed by atoms with van der Waals surface area (Å²) in [5.74, 6) is 1.61. The largest absolute Gasteiger partial charge is 0.519 e. The molecular weight excluding hydrogens is 747 g/mol. The first-order valence-corrected chi connectivity index (χ1v) is 19.7. The molecule has 300 valence electrons. The lowest BCUT2D eigenvalue weighted by atomic mass is 9.78. The summed E-state index contributed by atoms with van der Waals surface area (Å²) in [6.07, 6.45) is 1.31. The number of methoxy groups -OCH3 is 1. The minimum Gasteiger partial charge on any atom is -0.497 e. The van der Waals surface area contributed by atoms with Gasteiger partial charge in [0.25, 0.3) is 0 Å². The van der Waals surface area contributed by atoms with Crippen LogP contribution in [0.5, 0.6) is 23.0 Å². The van der Waals surface area contributed by atoms with E-state index in [2.05, 4.69) is 111 Å². The first-order valence-electron chi connectivity index (χ1n) is 19.7. The number of esters is 1. The van der Waals surface area contributed by atoms with Crippen LogP contribution >= 0.6 is 0 Å². The van der Waals surface area contributed by atoms with E-state index >= 15 is 0 Å². The first-order chi connectivity index (χ1) is 28.9. The van der Waals surface area contributed by atoms with Crippen molar-refractivity contribution in [3.05, 3.63) is 209 Å². The number of nitrogens with zero attached hydrogens (tertiary/aromatic N) is 1. The molecule has 0 aliphatic heterocycles. The van der Waals surface area contributed by atoms with E-state index in [1.807, 2.05) is 60.7 Å². The van der Waals surface area contributed by atoms with Crippen LogP contribution in [0.1, 0.15) is 59.7 Å². The number of ether oxygens (including phenoxy) is 4. The summed E-state index contributed by atoms with van der Waals surface area (Å²) in [6.45, 7) is 9.76. The smallest absolute Gasteiger partial charge is 0.497 e. The van der Waals surface area contributed by atoms with Gasteiger partial charge in [-0.1, -0.05) is 110 Å². The van der Waals surface area contributed by atoms with Gasteiger partial charge in [0.05, 0.1) is 7.11 Å². The van der Waals surface area contributed by atoms with Crippen LogP contribution in [0.4, 0.5) is 21.9 Å². The fraction of sp³-hybridized carbons (Fsp3) is 0.132. The van der Waals surface area contributed by atoms with Crippen LogP contribution < -0.4 is 23.8 Å². The Bertz CT molecular complexity index is 2530. The lowest BCUT2D eigenvalue weighted by molar-refractivity contribution is -0.131. The summed E-state index contributed by atoms with van der Waals surface area (Å²) in [5, 5.41) is 0. The SMILES string of the molecule is COc1ccc(/C(=C\c2ccc(N(c3ccc(C)cc3)c3ccc(C)cc3)cc2)c2ccc(OC(=O)Oc3ccc(C(C)(C)c4ccc(OC(C)=O)cc4)cc3)cc2)cc1. The normalized spacial score (nSPS) is 11.4. The molecule has 0 saturated carbocycles. The predicted octanol–water partition coefficient (Wildman–Crippen LogP) is 13.2. The summed E-state index contributed by atoms with van der Waals surface area (Å²) in [6, 6.07) is 55.7. The third kappa shape index (κ3) is 9.83. The highest BCUT2D eigenvalue weighted by atomic mass is 16.7. The second kappa shape index (κ2) is 18.0. The Morgan fingerprint density at radius 3 is 1.25 bits per heavy atom. The molecule has 7 nitrogen and oxygen atoms in total. The lowest BCUT2D eigenvalue weighted by Gasteiger charge is -2.26. The Kier molecular flexibility index (Phi) is 12.3. The van der Waals surface area contributed by atoms with Gasteiger partial charge in [0.2, 0.25) is 0 Å². The van der Waals surface area contributed by atoms with Gasteiger partial charge in [-0.25, -0.2) is 4.79 Å². The number of carbonyl (C=O) groups is 2. The molecule has 7 rings (SSSR count). The number of aryl methyl sites for hydroxylation is 2. The van der Waals surface area contributed by atoms with Crippen molar-refractivity contribution in [1.29, 1.82) is 0 Å². The third-order valence-electron chi connectivity index (χ3n) is 10.4. The van der Waals surface area contributed by atoms with Gasteiger partial charge in [0, 0.05) is 29.4 Å². The summed E-state index contributed by atoms with van der Waals surface area (Å²) in [4.78, 5) is 26.5. The van der Waals surface area contributed by atoms with E-state index in [9.17, 15) is 9.59 Å². The van der Waals surface area contributed by atoms with Crippen molar-refractivity contribution in [3.8, 4) is 23.0 Å². The maximum atomic E-state index is 12.9. The standard InChI is InChI=1S/C53H47NO6/c1-36-7-21-44(22-8-36)54(45-23-9-37(2)10-24-45)46-25-11-39(12-26-46)35-51(40-13-27-47(57-6)28-14-40)41-15-29-49(30-16-41)59-52(56)60-50-33-19-43(20-34-50)53(4,5)42-17-31-48(32-18-42)58-38(3)55/h7-35H,1-6H3/b51-35+. The molecule has 0 atom stereocenters. The minimum atomic E-state index is -0.841. The van der Waals surface area contributed by atoms with Crippen LogP contribution in [0.15, 0.2) is 170 Å². The summed E-state index contributed by atoms with van der Waals surface area (Å²) >= 11 is 0. The minimum absolute atomic E-state index is 0.351. The van der Waals surface area contributed by atoms with Crippen molar-refractivity contribution in [1.82, 2.24) is 0 Å². The van der Waals surface area contributed by atoms with E-state index in [0.717, 1.165) is 56.2 Å². The molecule has 0 unspecified atom stereocenters. The molecule has 60 heavy (non-hydrogen) atoms. The van der Waals surface area contributed by atoms with Crippen LogP contribution in [0.25, 0.3) is 11.6 Å². The van der Waals surface area contributed by atoms with Gasteiger partial charge < -0.3 is 23.8 Å². The number of rotatable bonds is 12. The van der Waals surface area contributed by atoms with E-state index in [1.54, 1.807) is 43.5 Å². The Labute approximate surface area is 352 Å². The summed E-state index contributed by atoms with van der Waals surface area (Å²) < 4.78 is 21.8. The Morgan fingerprint density at radius 1 is 0.483 bits per heavy atom.